The summed E-state index contributed by atoms with van der Waals surface area (Å²) in [6, 6.07) is 0.419. The number of rotatable bonds is 4. The van der Waals surface area contributed by atoms with Crippen molar-refractivity contribution in [3.05, 3.63) is 0 Å². The SMILES string of the molecule is COCC(=O)NC1CC(=O)N(C2CC2)C1. The van der Waals surface area contributed by atoms with Crippen LogP contribution in [0.1, 0.15) is 19.3 Å². The van der Waals surface area contributed by atoms with Gasteiger partial charge in [0.25, 0.3) is 0 Å². The monoisotopic (exact) mass is 212 g/mol. The molecule has 84 valence electrons. The highest BCUT2D eigenvalue weighted by molar-refractivity contribution is 5.83. The fourth-order valence-corrected chi connectivity index (χ4v) is 1.97. The zero-order valence-electron chi connectivity index (χ0n) is 8.86. The molecular formula is C10H16N2O3. The van der Waals surface area contributed by atoms with E-state index in [0.717, 1.165) is 12.8 Å². The summed E-state index contributed by atoms with van der Waals surface area (Å²) in [6.45, 7) is 0.729. The lowest BCUT2D eigenvalue weighted by Crippen LogP contribution is -2.39. The Balaban J connectivity index is 1.80. The molecule has 2 fully saturated rings. The first-order valence-electron chi connectivity index (χ1n) is 5.28. The molecule has 0 aromatic rings. The van der Waals surface area contributed by atoms with Gasteiger partial charge in [0.1, 0.15) is 6.61 Å². The molecule has 1 saturated carbocycles. The van der Waals surface area contributed by atoms with Gasteiger partial charge in [-0.25, -0.2) is 0 Å². The van der Waals surface area contributed by atoms with Crippen LogP contribution in [0.3, 0.4) is 0 Å². The molecular weight excluding hydrogens is 196 g/mol. The Labute approximate surface area is 88.8 Å². The van der Waals surface area contributed by atoms with Gasteiger partial charge < -0.3 is 15.0 Å². The minimum absolute atomic E-state index is 0.0271. The van der Waals surface area contributed by atoms with Gasteiger partial charge in [0.15, 0.2) is 0 Å². The molecule has 1 atom stereocenters. The molecule has 1 aliphatic heterocycles. The van der Waals surface area contributed by atoms with E-state index in [2.05, 4.69) is 5.32 Å². The highest BCUT2D eigenvalue weighted by Crippen LogP contribution is 2.30. The average Bonchev–Trinajstić information content (AvgIpc) is 2.93. The van der Waals surface area contributed by atoms with E-state index in [1.54, 1.807) is 0 Å². The Morgan fingerprint density at radius 2 is 2.33 bits per heavy atom. The molecule has 1 saturated heterocycles. The van der Waals surface area contributed by atoms with Crippen molar-refractivity contribution in [2.75, 3.05) is 20.3 Å². The Bertz CT molecular complexity index is 276. The summed E-state index contributed by atoms with van der Waals surface area (Å²) in [4.78, 5) is 24.7. The molecule has 0 bridgehead atoms. The Morgan fingerprint density at radius 3 is 2.93 bits per heavy atom. The van der Waals surface area contributed by atoms with Crippen molar-refractivity contribution in [1.82, 2.24) is 10.2 Å². The summed E-state index contributed by atoms with van der Waals surface area (Å²) in [5, 5.41) is 2.80. The number of methoxy groups -OCH3 is 1. The minimum Gasteiger partial charge on any atom is -0.375 e. The van der Waals surface area contributed by atoms with Crippen LogP contribution in [0.4, 0.5) is 0 Å². The van der Waals surface area contributed by atoms with Gasteiger partial charge in [-0.2, -0.15) is 0 Å². The second-order valence-electron chi connectivity index (χ2n) is 4.18. The first kappa shape index (κ1) is 10.4. The maximum Gasteiger partial charge on any atom is 0.246 e. The molecule has 5 heteroatoms. The number of amides is 2. The third-order valence-electron chi connectivity index (χ3n) is 2.79. The molecule has 1 N–H and O–H groups in total. The van der Waals surface area contributed by atoms with Crippen molar-refractivity contribution in [2.24, 2.45) is 0 Å². The highest BCUT2D eigenvalue weighted by Gasteiger charge is 2.39. The first-order chi connectivity index (χ1) is 7.20. The lowest BCUT2D eigenvalue weighted by atomic mass is 10.2. The zero-order valence-corrected chi connectivity index (χ0v) is 8.86. The summed E-state index contributed by atoms with van der Waals surface area (Å²) < 4.78 is 4.72. The van der Waals surface area contributed by atoms with Crippen LogP contribution >= 0.6 is 0 Å². The molecule has 15 heavy (non-hydrogen) atoms. The highest BCUT2D eigenvalue weighted by atomic mass is 16.5. The van der Waals surface area contributed by atoms with Gasteiger partial charge in [0, 0.05) is 26.1 Å². The summed E-state index contributed by atoms with van der Waals surface area (Å²) in [7, 11) is 1.48. The van der Waals surface area contributed by atoms with E-state index in [9.17, 15) is 9.59 Å². The van der Waals surface area contributed by atoms with Crippen molar-refractivity contribution in [2.45, 2.75) is 31.3 Å². The lowest BCUT2D eigenvalue weighted by Gasteiger charge is -2.15. The van der Waals surface area contributed by atoms with E-state index >= 15 is 0 Å². The van der Waals surface area contributed by atoms with Crippen molar-refractivity contribution in [3.63, 3.8) is 0 Å². The summed E-state index contributed by atoms with van der Waals surface area (Å²) in [5.74, 6) is 0.0214. The van der Waals surface area contributed by atoms with Crippen LogP contribution in [-0.2, 0) is 14.3 Å². The lowest BCUT2D eigenvalue weighted by molar-refractivity contribution is -0.128. The molecule has 0 radical (unpaired) electrons. The molecule has 2 amide bonds. The topological polar surface area (TPSA) is 58.6 Å². The van der Waals surface area contributed by atoms with Crippen LogP contribution in [0.15, 0.2) is 0 Å². The number of carbonyl (C=O) groups is 2. The third kappa shape index (κ3) is 2.47. The molecule has 2 aliphatic rings. The van der Waals surface area contributed by atoms with E-state index in [4.69, 9.17) is 4.74 Å². The van der Waals surface area contributed by atoms with Gasteiger partial charge in [-0.05, 0) is 12.8 Å². The molecule has 0 aromatic heterocycles. The van der Waals surface area contributed by atoms with Gasteiger partial charge in [0.05, 0.1) is 6.04 Å². The van der Waals surface area contributed by atoms with Crippen molar-refractivity contribution in [1.29, 1.82) is 0 Å². The smallest absolute Gasteiger partial charge is 0.246 e. The van der Waals surface area contributed by atoms with Gasteiger partial charge in [-0.3, -0.25) is 9.59 Å². The standard InChI is InChI=1S/C10H16N2O3/c1-15-6-9(13)11-7-4-10(14)12(5-7)8-2-3-8/h7-8H,2-6H2,1H3,(H,11,13). The first-order valence-corrected chi connectivity index (χ1v) is 5.28. The van der Waals surface area contributed by atoms with E-state index in [0.29, 0.717) is 19.0 Å². The van der Waals surface area contributed by atoms with Gasteiger partial charge in [-0.1, -0.05) is 0 Å². The number of nitrogens with one attached hydrogen (secondary N) is 1. The van der Waals surface area contributed by atoms with Crippen LogP contribution in [0.25, 0.3) is 0 Å². The van der Waals surface area contributed by atoms with Crippen molar-refractivity contribution >= 4 is 11.8 Å². The number of hydrogen-bond acceptors (Lipinski definition) is 3. The van der Waals surface area contributed by atoms with E-state index in [1.165, 1.54) is 7.11 Å². The number of hydrogen-bond donors (Lipinski definition) is 1. The Morgan fingerprint density at radius 1 is 1.60 bits per heavy atom. The molecule has 0 spiro atoms. The van der Waals surface area contributed by atoms with E-state index in [1.807, 2.05) is 4.90 Å². The van der Waals surface area contributed by atoms with Crippen LogP contribution in [0.2, 0.25) is 0 Å². The van der Waals surface area contributed by atoms with E-state index in [-0.39, 0.29) is 24.5 Å². The maximum absolute atomic E-state index is 11.5. The number of ether oxygens (including phenoxy) is 1. The Kier molecular flexibility index (Phi) is 2.90. The van der Waals surface area contributed by atoms with Crippen LogP contribution < -0.4 is 5.32 Å². The quantitative estimate of drug-likeness (QED) is 0.684. The summed E-state index contributed by atoms with van der Waals surface area (Å²) >= 11 is 0. The number of likely N-dealkylation sites (tertiary alicyclic amines) is 1. The fourth-order valence-electron chi connectivity index (χ4n) is 1.97. The third-order valence-corrected chi connectivity index (χ3v) is 2.79. The van der Waals surface area contributed by atoms with Gasteiger partial charge in [0.2, 0.25) is 11.8 Å². The normalized spacial score (nSPS) is 25.8. The molecule has 1 aliphatic carbocycles. The molecule has 0 aromatic carbocycles. The largest absolute Gasteiger partial charge is 0.375 e. The van der Waals surface area contributed by atoms with Gasteiger partial charge >= 0.3 is 0 Å². The average molecular weight is 212 g/mol. The molecule has 2 rings (SSSR count). The molecule has 1 unspecified atom stereocenters. The van der Waals surface area contributed by atoms with E-state index < -0.39 is 0 Å². The summed E-state index contributed by atoms with van der Waals surface area (Å²) in [6.07, 6.45) is 2.67. The van der Waals surface area contributed by atoms with Gasteiger partial charge in [-0.15, -0.1) is 0 Å². The fraction of sp³-hybridized carbons (Fsp3) is 0.800. The van der Waals surface area contributed by atoms with Crippen LogP contribution in [-0.4, -0.2) is 49.1 Å². The minimum atomic E-state index is -0.145. The van der Waals surface area contributed by atoms with Crippen LogP contribution in [0.5, 0.6) is 0 Å². The second kappa shape index (κ2) is 4.18. The van der Waals surface area contributed by atoms with Crippen molar-refractivity contribution < 1.29 is 14.3 Å². The van der Waals surface area contributed by atoms with Crippen molar-refractivity contribution in [3.8, 4) is 0 Å². The zero-order chi connectivity index (χ0) is 10.8. The predicted octanol–water partition coefficient (Wildman–Crippen LogP) is -0.488. The predicted molar refractivity (Wildman–Crippen MR) is 53.2 cm³/mol. The van der Waals surface area contributed by atoms with Crippen LogP contribution in [0, 0.1) is 0 Å². The summed E-state index contributed by atoms with van der Waals surface area (Å²) in [5.41, 5.74) is 0. The second-order valence-corrected chi connectivity index (χ2v) is 4.18. The molecule has 1 heterocycles. The number of carbonyl (C=O) groups excluding carboxylic acids is 2. The molecule has 5 nitrogen and oxygen atoms in total. The number of nitrogens with zero attached hydrogens (tertiary/aromatic N) is 1. The Hall–Kier alpha value is -1.10. The maximum atomic E-state index is 11.5.